The van der Waals surface area contributed by atoms with Crippen molar-refractivity contribution in [2.75, 3.05) is 17.3 Å². The molecule has 0 atom stereocenters. The van der Waals surface area contributed by atoms with Crippen molar-refractivity contribution in [2.45, 2.75) is 26.3 Å². The van der Waals surface area contributed by atoms with E-state index in [9.17, 15) is 4.79 Å². The van der Waals surface area contributed by atoms with E-state index in [2.05, 4.69) is 0 Å². The molecule has 0 unspecified atom stereocenters. The van der Waals surface area contributed by atoms with Gasteiger partial charge in [0, 0.05) is 24.7 Å². The van der Waals surface area contributed by atoms with E-state index in [1.165, 1.54) is 0 Å². The molecule has 1 aliphatic rings. The molecule has 4 nitrogen and oxygen atoms in total. The highest BCUT2D eigenvalue weighted by Crippen LogP contribution is 2.24. The smallest absolute Gasteiger partial charge is 0.243 e. The van der Waals surface area contributed by atoms with Crippen molar-refractivity contribution in [3.8, 4) is 0 Å². The summed E-state index contributed by atoms with van der Waals surface area (Å²) in [5, 5.41) is 3.83. The molecule has 1 fully saturated rings. The number of benzene rings is 1. The molecule has 0 saturated carbocycles. The number of hydrogen-bond acceptors (Lipinski definition) is 3. The van der Waals surface area contributed by atoms with E-state index in [0.717, 1.165) is 17.9 Å². The first-order valence-corrected chi connectivity index (χ1v) is 5.54. The molecule has 0 aromatic heterocycles. The van der Waals surface area contributed by atoms with E-state index in [1.54, 1.807) is 0 Å². The summed E-state index contributed by atoms with van der Waals surface area (Å²) >= 11 is 0. The maximum Gasteiger partial charge on any atom is 0.243 e. The lowest BCUT2D eigenvalue weighted by Gasteiger charge is -2.32. The minimum absolute atomic E-state index is 0.187. The van der Waals surface area contributed by atoms with E-state index in [1.807, 2.05) is 48.1 Å². The van der Waals surface area contributed by atoms with Gasteiger partial charge in [-0.15, -0.1) is 0 Å². The Kier molecular flexibility index (Phi) is 2.73. The fourth-order valence-corrected chi connectivity index (χ4v) is 2.03. The summed E-state index contributed by atoms with van der Waals surface area (Å²) in [5.74, 6) is 0.187. The van der Waals surface area contributed by atoms with E-state index in [-0.39, 0.29) is 11.9 Å². The van der Waals surface area contributed by atoms with Crippen molar-refractivity contribution in [2.24, 2.45) is 0 Å². The van der Waals surface area contributed by atoms with Crippen molar-refractivity contribution in [3.05, 3.63) is 24.3 Å². The minimum atomic E-state index is 0.187. The van der Waals surface area contributed by atoms with Crippen LogP contribution in [0.3, 0.4) is 0 Å². The summed E-state index contributed by atoms with van der Waals surface area (Å²) in [6.45, 7) is 4.79. The van der Waals surface area contributed by atoms with Crippen LogP contribution in [0.1, 0.15) is 20.3 Å². The Hall–Kier alpha value is -1.71. The molecule has 0 radical (unpaired) electrons. The predicted octanol–water partition coefficient (Wildman–Crippen LogP) is 1.63. The molecule has 1 amide bonds. The Balaban J connectivity index is 2.26. The van der Waals surface area contributed by atoms with Crippen LogP contribution in [0.15, 0.2) is 24.3 Å². The second kappa shape index (κ2) is 4.04. The van der Waals surface area contributed by atoms with Crippen LogP contribution >= 0.6 is 0 Å². The summed E-state index contributed by atoms with van der Waals surface area (Å²) in [6, 6.07) is 7.80. The minimum Gasteiger partial charge on any atom is -0.399 e. The Morgan fingerprint density at radius 2 is 1.88 bits per heavy atom. The van der Waals surface area contributed by atoms with Gasteiger partial charge in [-0.2, -0.15) is 0 Å². The van der Waals surface area contributed by atoms with Crippen LogP contribution in [0.5, 0.6) is 0 Å². The average molecular weight is 219 g/mol. The van der Waals surface area contributed by atoms with Gasteiger partial charge in [0.1, 0.15) is 0 Å². The van der Waals surface area contributed by atoms with Crippen LogP contribution in [0.2, 0.25) is 0 Å². The maximum atomic E-state index is 11.7. The van der Waals surface area contributed by atoms with Crippen LogP contribution in [-0.2, 0) is 4.79 Å². The molecule has 0 bridgehead atoms. The number of nitrogen functional groups attached to an aromatic ring is 1. The van der Waals surface area contributed by atoms with Crippen molar-refractivity contribution in [3.63, 3.8) is 0 Å². The van der Waals surface area contributed by atoms with Gasteiger partial charge in [-0.1, -0.05) is 0 Å². The number of nitrogens with zero attached hydrogens (tertiary/aromatic N) is 2. The van der Waals surface area contributed by atoms with Gasteiger partial charge in [0.05, 0.1) is 5.69 Å². The van der Waals surface area contributed by atoms with Crippen molar-refractivity contribution >= 4 is 17.3 Å². The number of hydrogen-bond donors (Lipinski definition) is 1. The lowest BCUT2D eigenvalue weighted by atomic mass is 10.3. The summed E-state index contributed by atoms with van der Waals surface area (Å²) < 4.78 is 0. The Labute approximate surface area is 95.6 Å². The fraction of sp³-hybridized carbons (Fsp3) is 0.417. The average Bonchev–Trinajstić information content (AvgIpc) is 2.61. The van der Waals surface area contributed by atoms with Gasteiger partial charge < -0.3 is 5.73 Å². The van der Waals surface area contributed by atoms with Crippen molar-refractivity contribution in [1.82, 2.24) is 5.01 Å². The maximum absolute atomic E-state index is 11.7. The molecule has 86 valence electrons. The largest absolute Gasteiger partial charge is 0.399 e. The molecule has 2 rings (SSSR count). The Morgan fingerprint density at radius 1 is 1.25 bits per heavy atom. The number of carbonyl (C=O) groups is 1. The third kappa shape index (κ3) is 1.83. The topological polar surface area (TPSA) is 49.6 Å². The molecule has 1 aromatic rings. The van der Waals surface area contributed by atoms with Crippen LogP contribution in [-0.4, -0.2) is 23.5 Å². The number of hydrazine groups is 1. The third-order valence-corrected chi connectivity index (χ3v) is 2.73. The van der Waals surface area contributed by atoms with Crippen LogP contribution in [0.25, 0.3) is 0 Å². The van der Waals surface area contributed by atoms with E-state index < -0.39 is 0 Å². The second-order valence-corrected chi connectivity index (χ2v) is 4.30. The fourth-order valence-electron chi connectivity index (χ4n) is 2.03. The molecule has 4 heteroatoms. The Bertz CT molecular complexity index is 386. The molecule has 0 spiro atoms. The molecule has 1 aliphatic heterocycles. The monoisotopic (exact) mass is 219 g/mol. The number of anilines is 2. The molecular formula is C12H17N3O. The predicted molar refractivity (Wildman–Crippen MR) is 64.8 cm³/mol. The van der Waals surface area contributed by atoms with Gasteiger partial charge in [-0.25, -0.2) is 0 Å². The van der Waals surface area contributed by atoms with Gasteiger partial charge in [0.25, 0.3) is 0 Å². The normalized spacial score (nSPS) is 16.3. The number of amides is 1. The van der Waals surface area contributed by atoms with E-state index in [0.29, 0.717) is 6.42 Å². The standard InChI is InChI=1S/C12H17N3O/c1-9(2)15-12(16)7-8-14(15)11-5-3-10(13)4-6-11/h3-6,9H,7-8,13H2,1-2H3. The molecule has 2 N–H and O–H groups in total. The lowest BCUT2D eigenvalue weighted by Crippen LogP contribution is -2.43. The number of rotatable bonds is 2. The van der Waals surface area contributed by atoms with Gasteiger partial charge in [-0.3, -0.25) is 14.8 Å². The SMILES string of the molecule is CC(C)N1C(=O)CCN1c1ccc(N)cc1. The summed E-state index contributed by atoms with van der Waals surface area (Å²) in [4.78, 5) is 11.7. The zero-order chi connectivity index (χ0) is 11.7. The first-order valence-electron chi connectivity index (χ1n) is 5.54. The highest BCUT2D eigenvalue weighted by atomic mass is 16.2. The lowest BCUT2D eigenvalue weighted by molar-refractivity contribution is -0.129. The van der Waals surface area contributed by atoms with Gasteiger partial charge >= 0.3 is 0 Å². The van der Waals surface area contributed by atoms with Crippen LogP contribution < -0.4 is 10.7 Å². The quantitative estimate of drug-likeness (QED) is 0.769. The van der Waals surface area contributed by atoms with Gasteiger partial charge in [-0.05, 0) is 38.1 Å². The molecule has 1 heterocycles. The Morgan fingerprint density at radius 3 is 2.44 bits per heavy atom. The number of nitrogens with two attached hydrogens (primary N) is 1. The zero-order valence-corrected chi connectivity index (χ0v) is 9.68. The van der Waals surface area contributed by atoms with Gasteiger partial charge in [0.2, 0.25) is 5.91 Å². The zero-order valence-electron chi connectivity index (χ0n) is 9.68. The summed E-state index contributed by atoms with van der Waals surface area (Å²) in [5.41, 5.74) is 7.41. The van der Waals surface area contributed by atoms with Crippen molar-refractivity contribution in [1.29, 1.82) is 0 Å². The highest BCUT2D eigenvalue weighted by Gasteiger charge is 2.30. The van der Waals surface area contributed by atoms with E-state index in [4.69, 9.17) is 5.73 Å². The number of carbonyl (C=O) groups excluding carboxylic acids is 1. The third-order valence-electron chi connectivity index (χ3n) is 2.73. The molecule has 1 saturated heterocycles. The van der Waals surface area contributed by atoms with Crippen molar-refractivity contribution < 1.29 is 4.79 Å². The van der Waals surface area contributed by atoms with Gasteiger partial charge in [0.15, 0.2) is 0 Å². The van der Waals surface area contributed by atoms with E-state index >= 15 is 0 Å². The second-order valence-electron chi connectivity index (χ2n) is 4.30. The molecular weight excluding hydrogens is 202 g/mol. The first-order chi connectivity index (χ1) is 7.59. The first kappa shape index (κ1) is 10.8. The molecule has 0 aliphatic carbocycles. The molecule has 1 aromatic carbocycles. The van der Waals surface area contributed by atoms with Crippen LogP contribution in [0, 0.1) is 0 Å². The molecule has 16 heavy (non-hydrogen) atoms. The summed E-state index contributed by atoms with van der Waals surface area (Å²) in [6.07, 6.45) is 0.586. The summed E-state index contributed by atoms with van der Waals surface area (Å²) in [7, 11) is 0. The highest BCUT2D eigenvalue weighted by molar-refractivity contribution is 5.82. The van der Waals surface area contributed by atoms with Crippen LogP contribution in [0.4, 0.5) is 11.4 Å².